The van der Waals surface area contributed by atoms with Crippen LogP contribution >= 0.6 is 12.2 Å². The molecular formula is C87H121N11O11S. The number of esters is 1. The predicted molar refractivity (Wildman–Crippen MR) is 425 cm³/mol. The topological polar surface area (TPSA) is 312 Å². The molecule has 3 aromatic rings. The van der Waals surface area contributed by atoms with E-state index in [2.05, 4.69) is 55.7 Å². The number of rotatable bonds is 14. The van der Waals surface area contributed by atoms with Crippen molar-refractivity contribution >= 4 is 53.0 Å². The van der Waals surface area contributed by atoms with Gasteiger partial charge in [0, 0.05) is 83.6 Å². The summed E-state index contributed by atoms with van der Waals surface area (Å²) in [6.45, 7) is 21.3. The average molecular weight is 1530 g/mol. The number of thiocarbonyl (C=S) groups is 1. The molecule has 3 aromatic carbocycles. The summed E-state index contributed by atoms with van der Waals surface area (Å²) >= 11 is 5.06. The van der Waals surface area contributed by atoms with Crippen LogP contribution in [0.25, 0.3) is 0 Å². The lowest BCUT2D eigenvalue weighted by Crippen LogP contribution is -2.59. The number of nitrogens with two attached hydrogens (primary N) is 2. The Bertz CT molecular complexity index is 3870. The Morgan fingerprint density at radius 3 is 1.46 bits per heavy atom. The Morgan fingerprint density at radius 2 is 1.02 bits per heavy atom. The third kappa shape index (κ3) is 16.3. The number of fused-ring (bicyclic) bond motifs is 7. The van der Waals surface area contributed by atoms with E-state index in [1.165, 1.54) is 37.7 Å². The second-order valence-electron chi connectivity index (χ2n) is 34.2. The Morgan fingerprint density at radius 1 is 0.600 bits per heavy atom. The van der Waals surface area contributed by atoms with E-state index in [1.54, 1.807) is 32.1 Å². The standard InChI is InChI=1S/C27H35N3O3.C26H34N4O3.C21H28N2O3.C13H24N2O2S/c1-4-21-14-26(10-7-24(21)32-3)15-22-6-5-20(16-28)13-23(22)27(26)25(31)30(18(2)29-27)17-19-8-11-33-12-9-19;1-3-19-13-25(9-6-22(19)32-2)14-20-5-4-18(15-27)12-21(20)26(25)23(31)30(24(28)29-26)16-17-7-10-33-11-8-17;1-4-15-11-20(9-8-18(15)25-3)12-16-7-6-14(13-22)10-17(16)21(20,23)19(24)26-5-2;1-13(2,3)17-12(16)15-11(18)14-9-10-7-5-4-6-8-10/h5-6,13,19,21,24H,4,7-12,14-15,17H2,1-3H3;4-5,12,17,19,22H,3,6-11,13-14,16H2,1-2H3,(H2,28,29);6-7,10,15,18H,4-5,8-9,11-12,23H2,1-3H3;10H,4-9H2,1-3H3,(H2,14,15,16,18)/t21-,24-,26-,27-;19-,22-,25-,26-;15-,18-,20-,21-;/m111./s1. The number of nitrogens with one attached hydrogen (secondary N) is 2. The second kappa shape index (κ2) is 35.3. The van der Waals surface area contributed by atoms with Gasteiger partial charge in [-0.05, 0) is 268 Å². The number of amidine groups is 1. The van der Waals surface area contributed by atoms with Crippen LogP contribution in [0.3, 0.4) is 0 Å². The molecule has 23 heteroatoms. The minimum absolute atomic E-state index is 0.00829. The molecule has 6 fully saturated rings. The van der Waals surface area contributed by atoms with Gasteiger partial charge in [-0.1, -0.05) is 77.5 Å². The molecule has 6 N–H and O–H groups in total. The SMILES string of the molecule is CC(C)(C)OC(=O)NC(=S)NCC1CCCCC1.CCOC(=O)[C@]1(N)c2cc(C#N)ccc2C[C@]12CC[C@@H](OC)[C@H](CC)C2.CC[C@@H]1C[C@]2(CC[C@H]1OC)Cc1ccc(C#N)cc1[C@]21N=C(C)N(CC2CCOCC2)C1=O.CC[C@@H]1C[C@]2(CC[C@H]1OC)Cc1ccc(C#N)cc1[C@]21N=C(N)N(CC2CCOCC2)C1=O. The maximum atomic E-state index is 14.5. The molecule has 0 radical (unpaired) electrons. The summed E-state index contributed by atoms with van der Waals surface area (Å²) in [6, 6.07) is 23.9. The van der Waals surface area contributed by atoms with E-state index in [9.17, 15) is 35.0 Å². The van der Waals surface area contributed by atoms with Gasteiger partial charge in [-0.15, -0.1) is 0 Å². The van der Waals surface area contributed by atoms with Gasteiger partial charge in [0.2, 0.25) is 0 Å². The van der Waals surface area contributed by atoms with Gasteiger partial charge in [-0.2, -0.15) is 15.8 Å². The zero-order valence-electron chi connectivity index (χ0n) is 67.2. The predicted octanol–water partition coefficient (Wildman–Crippen LogP) is 13.3. The quantitative estimate of drug-likeness (QED) is 0.0861. The molecule has 22 nitrogen and oxygen atoms in total. The van der Waals surface area contributed by atoms with Gasteiger partial charge in [0.25, 0.3) is 11.8 Å². The fourth-order valence-corrected chi connectivity index (χ4v) is 21.5. The van der Waals surface area contributed by atoms with Gasteiger partial charge in [0.05, 0.1) is 59.8 Å². The largest absolute Gasteiger partial charge is 0.464 e. The molecule has 14 rings (SSSR count). The number of aliphatic imine (C=N–C) groups is 2. The molecule has 0 unspecified atom stereocenters. The molecule has 7 aliphatic carbocycles. The Kier molecular flexibility index (Phi) is 26.8. The van der Waals surface area contributed by atoms with Crippen molar-refractivity contribution in [1.29, 1.82) is 15.8 Å². The number of guanidine groups is 1. The van der Waals surface area contributed by atoms with Crippen molar-refractivity contribution in [3.63, 3.8) is 0 Å². The Hall–Kier alpha value is -7.40. The maximum absolute atomic E-state index is 14.5. The molecule has 11 aliphatic rings. The summed E-state index contributed by atoms with van der Waals surface area (Å²) < 4.78 is 39.0. The highest BCUT2D eigenvalue weighted by molar-refractivity contribution is 7.80. The smallest absolute Gasteiger partial charge is 0.413 e. The monoisotopic (exact) mass is 1530 g/mol. The number of alkyl carbamates (subject to hydrolysis) is 1. The van der Waals surface area contributed by atoms with E-state index >= 15 is 0 Å². The van der Waals surface area contributed by atoms with E-state index in [0.29, 0.717) is 83.0 Å². The first-order valence-electron chi connectivity index (χ1n) is 40.9. The Labute approximate surface area is 658 Å². The van der Waals surface area contributed by atoms with Gasteiger partial charge in [-0.25, -0.2) is 14.6 Å². The highest BCUT2D eigenvalue weighted by Gasteiger charge is 2.70. The molecule has 2 saturated heterocycles. The number of benzene rings is 3. The molecule has 0 bridgehead atoms. The van der Waals surface area contributed by atoms with E-state index in [0.717, 1.165) is 189 Å². The fourth-order valence-electron chi connectivity index (χ4n) is 21.3. The molecule has 596 valence electrons. The van der Waals surface area contributed by atoms with Crippen molar-refractivity contribution < 1.29 is 52.3 Å². The zero-order chi connectivity index (χ0) is 79.0. The summed E-state index contributed by atoms with van der Waals surface area (Å²) in [4.78, 5) is 67.4. The van der Waals surface area contributed by atoms with Crippen LogP contribution in [0.4, 0.5) is 4.79 Å². The van der Waals surface area contributed by atoms with Gasteiger partial charge < -0.3 is 49.9 Å². The molecule has 110 heavy (non-hydrogen) atoms. The van der Waals surface area contributed by atoms with Crippen LogP contribution in [0, 0.1) is 85.7 Å². The maximum Gasteiger partial charge on any atom is 0.413 e. The van der Waals surface area contributed by atoms with Crippen molar-refractivity contribution in [2.45, 2.75) is 250 Å². The molecule has 3 amide bonds. The summed E-state index contributed by atoms with van der Waals surface area (Å²) in [5.41, 5.74) is 16.4. The van der Waals surface area contributed by atoms with Gasteiger partial charge in [-0.3, -0.25) is 29.7 Å². The number of hydrogen-bond donors (Lipinski definition) is 4. The van der Waals surface area contributed by atoms with Crippen LogP contribution in [0.2, 0.25) is 0 Å². The van der Waals surface area contributed by atoms with Crippen molar-refractivity contribution in [2.24, 2.45) is 73.2 Å². The lowest BCUT2D eigenvalue weighted by Gasteiger charge is -2.49. The first-order valence-corrected chi connectivity index (χ1v) is 41.3. The summed E-state index contributed by atoms with van der Waals surface area (Å²) in [6.07, 6.45) is 23.7. The van der Waals surface area contributed by atoms with Crippen LogP contribution in [-0.4, -0.2) is 148 Å². The van der Waals surface area contributed by atoms with E-state index in [1.807, 2.05) is 82.2 Å². The number of amides is 3. The molecular weight excluding hydrogens is 1410 g/mol. The molecule has 0 aromatic heterocycles. The number of carbonyl (C=O) groups excluding carboxylic acids is 4. The minimum atomic E-state index is -1.21. The van der Waals surface area contributed by atoms with Gasteiger partial charge in [0.15, 0.2) is 22.1 Å². The second-order valence-corrected chi connectivity index (χ2v) is 34.6. The summed E-state index contributed by atoms with van der Waals surface area (Å²) in [5, 5.41) is 34.5. The molecule has 12 atom stereocenters. The highest BCUT2D eigenvalue weighted by Crippen LogP contribution is 2.66. The van der Waals surface area contributed by atoms with Crippen LogP contribution in [0.15, 0.2) is 64.6 Å². The minimum Gasteiger partial charge on any atom is -0.464 e. The molecule has 4 heterocycles. The third-order valence-electron chi connectivity index (χ3n) is 27.1. The van der Waals surface area contributed by atoms with Crippen LogP contribution in [0.5, 0.6) is 0 Å². The number of nitriles is 3. The molecule has 4 aliphatic heterocycles. The highest BCUT2D eigenvalue weighted by atomic mass is 32.1. The number of carbonyl (C=O) groups is 4. The van der Waals surface area contributed by atoms with Crippen LogP contribution in [0.1, 0.15) is 240 Å². The van der Waals surface area contributed by atoms with Crippen molar-refractivity contribution in [1.82, 2.24) is 20.4 Å². The fraction of sp³-hybridized carbons (Fsp3) is 0.678. The number of methoxy groups -OCH3 is 3. The average Bonchev–Trinajstić information content (AvgIpc) is 1.53. The van der Waals surface area contributed by atoms with Crippen molar-refractivity contribution in [2.75, 3.05) is 74.0 Å². The van der Waals surface area contributed by atoms with Gasteiger partial charge >= 0.3 is 12.1 Å². The molecule has 4 saturated carbocycles. The van der Waals surface area contributed by atoms with E-state index in [4.69, 9.17) is 66.8 Å². The van der Waals surface area contributed by atoms with Crippen molar-refractivity contribution in [3.05, 3.63) is 105 Å². The lowest BCUT2D eigenvalue weighted by molar-refractivity contribution is -0.159. The number of hydrogen-bond acceptors (Lipinski definition) is 19. The van der Waals surface area contributed by atoms with Gasteiger partial charge in [0.1, 0.15) is 17.0 Å². The van der Waals surface area contributed by atoms with Crippen molar-refractivity contribution in [3.8, 4) is 18.2 Å². The van der Waals surface area contributed by atoms with E-state index in [-0.39, 0.29) is 52.3 Å². The zero-order valence-corrected chi connectivity index (χ0v) is 68.0. The normalized spacial score (nSPS) is 31.0. The van der Waals surface area contributed by atoms with Crippen LogP contribution < -0.4 is 22.1 Å². The lowest BCUT2D eigenvalue weighted by atomic mass is 9.58. The third-order valence-corrected chi connectivity index (χ3v) is 27.3. The van der Waals surface area contributed by atoms with Crippen LogP contribution in [-0.2, 0) is 83.4 Å². The number of nitrogens with zero attached hydrogens (tertiary/aromatic N) is 7. The first kappa shape index (κ1) is 83.5. The first-order chi connectivity index (χ1) is 52.8. The van der Waals surface area contributed by atoms with E-state index < -0.39 is 28.3 Å². The summed E-state index contributed by atoms with van der Waals surface area (Å²) in [5.74, 6) is 3.48. The Balaban J connectivity index is 0.000000149. The summed E-state index contributed by atoms with van der Waals surface area (Å²) in [7, 11) is 5.35. The number of ether oxygens (including phenoxy) is 7. The molecule has 5 spiro atoms.